The normalized spacial score (nSPS) is 22.2. The smallest absolute Gasteiger partial charge is 0.336 e. The third kappa shape index (κ3) is 3.25. The molecular formula is C20H25NO3S2. The molecule has 1 aromatic heterocycles. The molecule has 0 aromatic carbocycles. The molecule has 0 saturated heterocycles. The molecule has 3 rings (SSSR count). The Hall–Kier alpha value is -1.53. The molecule has 0 fully saturated rings. The van der Waals surface area contributed by atoms with Crippen molar-refractivity contribution in [2.24, 2.45) is 5.41 Å². The van der Waals surface area contributed by atoms with Gasteiger partial charge in [-0.25, -0.2) is 4.79 Å². The van der Waals surface area contributed by atoms with Gasteiger partial charge in [0.1, 0.15) is 0 Å². The number of carbonyl (C=O) groups excluding carboxylic acids is 2. The second-order valence-electron chi connectivity index (χ2n) is 7.73. The molecule has 1 aliphatic carbocycles. The Balaban J connectivity index is 2.24. The number of Topliss-reactive ketones (excluding diaryl/α,β-unsaturated/α-hetero) is 1. The number of dihydropyridines is 1. The van der Waals surface area contributed by atoms with Crippen molar-refractivity contribution in [2.75, 3.05) is 13.4 Å². The summed E-state index contributed by atoms with van der Waals surface area (Å²) in [5, 5.41) is 3.35. The van der Waals surface area contributed by atoms with Crippen LogP contribution in [0.2, 0.25) is 0 Å². The molecule has 0 spiro atoms. The Bertz CT molecular complexity index is 845. The summed E-state index contributed by atoms with van der Waals surface area (Å²) in [5.74, 6) is -0.603. The van der Waals surface area contributed by atoms with Crippen LogP contribution in [0.1, 0.15) is 50.0 Å². The Morgan fingerprint density at radius 3 is 2.65 bits per heavy atom. The lowest BCUT2D eigenvalue weighted by molar-refractivity contribution is -0.136. The summed E-state index contributed by atoms with van der Waals surface area (Å²) in [6, 6.07) is 2.11. The summed E-state index contributed by atoms with van der Waals surface area (Å²) in [7, 11) is 1.39. The molecular weight excluding hydrogens is 366 g/mol. The van der Waals surface area contributed by atoms with Crippen molar-refractivity contribution < 1.29 is 14.3 Å². The molecule has 0 amide bonds. The van der Waals surface area contributed by atoms with Gasteiger partial charge in [0.05, 0.1) is 22.8 Å². The molecule has 1 N–H and O–H groups in total. The number of aryl methyl sites for hydroxylation is 1. The molecule has 0 saturated carbocycles. The number of esters is 1. The Morgan fingerprint density at radius 2 is 2.04 bits per heavy atom. The maximum Gasteiger partial charge on any atom is 0.336 e. The summed E-state index contributed by atoms with van der Waals surface area (Å²) in [6.07, 6.45) is 3.33. The van der Waals surface area contributed by atoms with Crippen LogP contribution in [0.25, 0.3) is 0 Å². The van der Waals surface area contributed by atoms with Crippen molar-refractivity contribution in [3.8, 4) is 0 Å². The van der Waals surface area contributed by atoms with Crippen LogP contribution in [0.5, 0.6) is 0 Å². The van der Waals surface area contributed by atoms with Gasteiger partial charge in [-0.2, -0.15) is 0 Å². The minimum atomic E-state index is -0.375. The van der Waals surface area contributed by atoms with Gasteiger partial charge in [-0.15, -0.1) is 23.1 Å². The molecule has 140 valence electrons. The number of hydrogen-bond donors (Lipinski definition) is 1. The number of carbonyl (C=O) groups is 2. The van der Waals surface area contributed by atoms with Gasteiger partial charge in [0, 0.05) is 28.3 Å². The molecule has 0 bridgehead atoms. The number of ketones is 1. The first-order chi connectivity index (χ1) is 12.2. The molecule has 0 radical (unpaired) electrons. The van der Waals surface area contributed by atoms with E-state index < -0.39 is 0 Å². The first-order valence-electron chi connectivity index (χ1n) is 8.65. The van der Waals surface area contributed by atoms with Crippen molar-refractivity contribution in [3.05, 3.63) is 39.0 Å². The minimum Gasteiger partial charge on any atom is -0.466 e. The van der Waals surface area contributed by atoms with Crippen molar-refractivity contribution in [1.82, 2.24) is 5.32 Å². The quantitative estimate of drug-likeness (QED) is 0.605. The third-order valence-electron chi connectivity index (χ3n) is 4.99. The second kappa shape index (κ2) is 6.89. The molecule has 2 aliphatic rings. The van der Waals surface area contributed by atoms with Crippen LogP contribution in [0.15, 0.2) is 32.8 Å². The number of thioether (sulfide) groups is 1. The lowest BCUT2D eigenvalue weighted by atomic mass is 9.69. The van der Waals surface area contributed by atoms with E-state index in [0.29, 0.717) is 12.0 Å². The predicted octanol–water partition coefficient (Wildman–Crippen LogP) is 4.56. The van der Waals surface area contributed by atoms with Gasteiger partial charge in [0.2, 0.25) is 0 Å². The average molecular weight is 392 g/mol. The van der Waals surface area contributed by atoms with Gasteiger partial charge in [-0.3, -0.25) is 4.79 Å². The van der Waals surface area contributed by atoms with E-state index in [0.717, 1.165) is 33.2 Å². The van der Waals surface area contributed by atoms with Gasteiger partial charge >= 0.3 is 5.97 Å². The highest BCUT2D eigenvalue weighted by Gasteiger charge is 2.43. The van der Waals surface area contributed by atoms with Crippen LogP contribution in [0.3, 0.4) is 0 Å². The minimum absolute atomic E-state index is 0.0799. The van der Waals surface area contributed by atoms with Gasteiger partial charge in [-0.05, 0) is 43.6 Å². The molecule has 4 nitrogen and oxygen atoms in total. The van der Waals surface area contributed by atoms with Gasteiger partial charge in [0.15, 0.2) is 5.78 Å². The number of nitrogens with one attached hydrogen (secondary N) is 1. The zero-order chi connectivity index (χ0) is 19.2. The number of allylic oxidation sites excluding steroid dienone is 3. The predicted molar refractivity (Wildman–Crippen MR) is 106 cm³/mol. The topological polar surface area (TPSA) is 55.4 Å². The van der Waals surface area contributed by atoms with Crippen LogP contribution in [0, 0.1) is 12.3 Å². The van der Waals surface area contributed by atoms with E-state index in [4.69, 9.17) is 4.74 Å². The second-order valence-corrected chi connectivity index (χ2v) is 10.1. The van der Waals surface area contributed by atoms with E-state index in [2.05, 4.69) is 32.2 Å². The third-order valence-corrected chi connectivity index (χ3v) is 7.21. The van der Waals surface area contributed by atoms with Crippen molar-refractivity contribution >= 4 is 34.9 Å². The van der Waals surface area contributed by atoms with Gasteiger partial charge < -0.3 is 10.1 Å². The van der Waals surface area contributed by atoms with Crippen molar-refractivity contribution in [1.29, 1.82) is 0 Å². The van der Waals surface area contributed by atoms with E-state index in [-0.39, 0.29) is 23.1 Å². The lowest BCUT2D eigenvalue weighted by Crippen LogP contribution is -2.38. The summed E-state index contributed by atoms with van der Waals surface area (Å²) >= 11 is 3.37. The molecule has 0 unspecified atom stereocenters. The van der Waals surface area contributed by atoms with Crippen molar-refractivity contribution in [2.45, 2.75) is 50.7 Å². The first-order valence-corrected chi connectivity index (χ1v) is 10.7. The molecule has 1 aliphatic heterocycles. The number of hydrogen-bond acceptors (Lipinski definition) is 6. The highest BCUT2D eigenvalue weighted by molar-refractivity contribution is 8.00. The average Bonchev–Trinajstić information content (AvgIpc) is 2.92. The fourth-order valence-electron chi connectivity index (χ4n) is 4.00. The lowest BCUT2D eigenvalue weighted by Gasteiger charge is -2.39. The molecule has 2 heterocycles. The fourth-order valence-corrected chi connectivity index (χ4v) is 5.91. The first kappa shape index (κ1) is 19.2. The summed E-state index contributed by atoms with van der Waals surface area (Å²) in [6.45, 7) is 8.18. The molecule has 1 aromatic rings. The number of methoxy groups -OCH3 is 1. The number of rotatable bonds is 3. The molecule has 1 atom stereocenters. The van der Waals surface area contributed by atoms with Crippen LogP contribution in [0.4, 0.5) is 0 Å². The zero-order valence-electron chi connectivity index (χ0n) is 16.1. The monoisotopic (exact) mass is 391 g/mol. The van der Waals surface area contributed by atoms with Gasteiger partial charge in [-0.1, -0.05) is 13.8 Å². The van der Waals surface area contributed by atoms with Crippen LogP contribution in [-0.2, 0) is 14.3 Å². The van der Waals surface area contributed by atoms with E-state index in [1.165, 1.54) is 12.0 Å². The highest BCUT2D eigenvalue weighted by Crippen LogP contribution is 2.49. The maximum absolute atomic E-state index is 13.1. The zero-order valence-corrected chi connectivity index (χ0v) is 17.7. The Morgan fingerprint density at radius 1 is 1.35 bits per heavy atom. The molecule has 6 heteroatoms. The van der Waals surface area contributed by atoms with E-state index in [1.54, 1.807) is 23.1 Å². The van der Waals surface area contributed by atoms with Crippen LogP contribution in [-0.4, -0.2) is 25.1 Å². The summed E-state index contributed by atoms with van der Waals surface area (Å²) in [4.78, 5) is 26.9. The molecule has 26 heavy (non-hydrogen) atoms. The van der Waals surface area contributed by atoms with E-state index in [1.807, 2.05) is 13.2 Å². The number of ether oxygens (including phenoxy) is 1. The fraction of sp³-hybridized carbons (Fsp3) is 0.500. The largest absolute Gasteiger partial charge is 0.466 e. The van der Waals surface area contributed by atoms with Gasteiger partial charge in [0.25, 0.3) is 0 Å². The standard InChI is InChI=1S/C20H25NO3S2/c1-10-7-12(19(25-6)26-10)16-15(18(23)24-5)11(2)21-13-8-20(3,4)9-14(22)17(13)16/h7,16,21H,8-9H2,1-6H3/t16-/m1/s1. The summed E-state index contributed by atoms with van der Waals surface area (Å²) < 4.78 is 6.22. The number of thiophene rings is 1. The van der Waals surface area contributed by atoms with Crippen LogP contribution < -0.4 is 5.32 Å². The summed E-state index contributed by atoms with van der Waals surface area (Å²) in [5.41, 5.74) is 3.99. The SMILES string of the molecule is COC(=O)C1=C(C)NC2=C(C(=O)CC(C)(C)C2)[C@@H]1c1cc(C)sc1SC. The Labute approximate surface area is 163 Å². The Kier molecular flexibility index (Phi) is 5.10. The van der Waals surface area contributed by atoms with Crippen molar-refractivity contribution in [3.63, 3.8) is 0 Å². The van der Waals surface area contributed by atoms with E-state index >= 15 is 0 Å². The highest BCUT2D eigenvalue weighted by atomic mass is 32.2. The van der Waals surface area contributed by atoms with Crippen LogP contribution >= 0.6 is 23.1 Å². The maximum atomic E-state index is 13.1. The van der Waals surface area contributed by atoms with E-state index in [9.17, 15) is 9.59 Å².